The summed E-state index contributed by atoms with van der Waals surface area (Å²) in [4.78, 5) is 80.0. The van der Waals surface area contributed by atoms with E-state index in [1.807, 2.05) is 116 Å². The zero-order valence-electron chi connectivity index (χ0n) is 52.6. The van der Waals surface area contributed by atoms with E-state index in [9.17, 15) is 39.6 Å². The van der Waals surface area contributed by atoms with E-state index in [0.29, 0.717) is 48.5 Å². The number of hydrogen-bond acceptors (Lipinski definition) is 8. The fourth-order valence-corrected chi connectivity index (χ4v) is 11.5. The maximum atomic E-state index is 11.5. The second-order valence-corrected chi connectivity index (χ2v) is 21.5. The van der Waals surface area contributed by atoms with E-state index in [1.165, 1.54) is 0 Å². The summed E-state index contributed by atoms with van der Waals surface area (Å²) in [6.07, 6.45) is 8.40. The van der Waals surface area contributed by atoms with Crippen LogP contribution in [0, 0.1) is 27.7 Å². The van der Waals surface area contributed by atoms with Crippen LogP contribution < -0.4 is 59.1 Å². The second kappa shape index (κ2) is 27.2. The van der Waals surface area contributed by atoms with Crippen LogP contribution in [0.5, 0.6) is 0 Å². The number of nitrogens with zero attached hydrogens (tertiary/aromatic N) is 4. The van der Waals surface area contributed by atoms with Crippen molar-refractivity contribution in [3.8, 4) is 0 Å². The number of H-pyrrole nitrogens is 4. The van der Waals surface area contributed by atoms with Gasteiger partial charge in [0.25, 0.3) is 0 Å². The number of nitrogens with one attached hydrogen (secondary N) is 4. The third kappa shape index (κ3) is 13.2. The summed E-state index contributed by atoms with van der Waals surface area (Å²) in [6.45, 7) is 32.1. The Balaban J connectivity index is 0.000000307. The average molecular weight is 1170 g/mol. The molecule has 6 aromatic heterocycles. The van der Waals surface area contributed by atoms with Gasteiger partial charge in [-0.05, 0) is 196 Å². The molecule has 0 aliphatic carbocycles. The minimum Gasteiger partial charge on any atom is -1.00 e. The van der Waals surface area contributed by atoms with Crippen molar-refractivity contribution < 1.29 is 102 Å². The van der Waals surface area contributed by atoms with Gasteiger partial charge in [-0.2, -0.15) is 0 Å². The van der Waals surface area contributed by atoms with E-state index in [-0.39, 0.29) is 87.7 Å². The van der Waals surface area contributed by atoms with Crippen molar-refractivity contribution in [3.63, 3.8) is 0 Å². The van der Waals surface area contributed by atoms with Gasteiger partial charge >= 0.3 is 83.0 Å². The smallest absolute Gasteiger partial charge is 1.00 e. The van der Waals surface area contributed by atoms with Crippen LogP contribution in [0.25, 0.3) is 113 Å². The minimum atomic E-state index is -0.889. The quantitative estimate of drug-likeness (QED) is 0.0421. The fraction of sp³-hybridized carbons (Fsp3) is 0.235. The molecule has 0 aromatic carbocycles. The van der Waals surface area contributed by atoms with Crippen molar-refractivity contribution in [3.05, 3.63) is 165 Å². The van der Waals surface area contributed by atoms with Gasteiger partial charge in [0.1, 0.15) is 0 Å². The summed E-state index contributed by atoms with van der Waals surface area (Å²) < 4.78 is 0. The van der Waals surface area contributed by atoms with Crippen molar-refractivity contribution in [1.29, 1.82) is 0 Å². The zero-order valence-corrected chi connectivity index (χ0v) is 54.6. The molecule has 8 N–H and O–H groups in total. The Labute approximate surface area is 545 Å². The van der Waals surface area contributed by atoms with Crippen molar-refractivity contribution >= 4 is 137 Å². The molecule has 0 unspecified atom stereocenters. The first-order valence-corrected chi connectivity index (χ1v) is 27.7. The minimum absolute atomic E-state index is 0. The third-order valence-electron chi connectivity index (χ3n) is 16.4. The Morgan fingerprint density at radius 3 is 0.756 bits per heavy atom. The van der Waals surface area contributed by atoms with Crippen LogP contribution >= 0.6 is 0 Å². The van der Waals surface area contributed by atoms with Crippen LogP contribution in [-0.4, -0.2) is 84.2 Å². The molecule has 0 amide bonds. The number of aromatic amines is 4. The van der Waals surface area contributed by atoms with E-state index >= 15 is 0 Å². The molecule has 0 saturated carbocycles. The Morgan fingerprint density at radius 1 is 0.349 bits per heavy atom. The maximum absolute atomic E-state index is 11.5. The predicted molar refractivity (Wildman–Crippen MR) is 341 cm³/mol. The number of carboxylic acid groups (broad SMARTS) is 4. The van der Waals surface area contributed by atoms with E-state index in [1.54, 1.807) is 0 Å². The first kappa shape index (κ1) is 65.6. The van der Waals surface area contributed by atoms with Crippen LogP contribution in [-0.2, 0) is 19.2 Å². The SMILES string of the molecule is C=Cc1c(C)c2cc3[nH]c(cc4nc(cc5nc(cc1[nH]2)C(C)=C5CCC(=O)O)C(CCC(=O)O)=C4C)c(C)c3C=C.C=Cc1c(C)c2cc3[nH]c(cc4nc(cc5nc(cc1[nH]2)C(C)=C5CCC(=O)O)C(CCC(=O)O)=C4C)c(C)c3C=C.[H-].[H-].[Na+].[Na+]. The van der Waals surface area contributed by atoms with Gasteiger partial charge in [0.2, 0.25) is 0 Å². The molecule has 10 rings (SSSR count). The van der Waals surface area contributed by atoms with E-state index < -0.39 is 23.9 Å². The molecule has 0 spiro atoms. The molecular weight excluding hydrogens is 1100 g/mol. The average Bonchev–Trinajstić information content (AvgIpc) is 2.45. The van der Waals surface area contributed by atoms with E-state index in [0.717, 1.165) is 156 Å². The van der Waals surface area contributed by atoms with Gasteiger partial charge in [-0.3, -0.25) is 19.2 Å². The van der Waals surface area contributed by atoms with Gasteiger partial charge in [-0.25, -0.2) is 19.9 Å². The number of carbonyl (C=O) groups is 4. The Kier molecular flexibility index (Phi) is 20.7. The normalized spacial score (nSPS) is 12.7. The molecule has 6 aromatic rings. The summed E-state index contributed by atoms with van der Waals surface area (Å²) in [5.41, 5.74) is 27.4. The number of fused-ring (bicyclic) bond motifs is 16. The maximum Gasteiger partial charge on any atom is 1.00 e. The summed E-state index contributed by atoms with van der Waals surface area (Å²) >= 11 is 0. The van der Waals surface area contributed by atoms with Gasteiger partial charge in [0, 0.05) is 92.1 Å². The molecular formula is C68H70N8Na2O8. The van der Waals surface area contributed by atoms with Crippen molar-refractivity contribution in [1.82, 2.24) is 39.9 Å². The molecule has 0 atom stereocenters. The molecule has 4 aliphatic heterocycles. The molecule has 0 fully saturated rings. The van der Waals surface area contributed by atoms with Crippen LogP contribution in [0.15, 0.2) is 74.8 Å². The molecule has 16 bridgehead atoms. The van der Waals surface area contributed by atoms with Crippen LogP contribution in [0.4, 0.5) is 0 Å². The van der Waals surface area contributed by atoms with Crippen LogP contribution in [0.3, 0.4) is 0 Å². The molecule has 86 heavy (non-hydrogen) atoms. The summed E-state index contributed by atoms with van der Waals surface area (Å²) in [7, 11) is 0. The van der Waals surface area contributed by atoms with Crippen LogP contribution in [0.1, 0.15) is 172 Å². The van der Waals surface area contributed by atoms with Crippen molar-refractivity contribution in [2.24, 2.45) is 0 Å². The number of aromatic nitrogens is 8. The van der Waals surface area contributed by atoms with E-state index in [2.05, 4.69) is 58.4 Å². The van der Waals surface area contributed by atoms with Gasteiger partial charge in [-0.15, -0.1) is 0 Å². The molecule has 0 radical (unpaired) electrons. The number of rotatable bonds is 16. The first-order valence-electron chi connectivity index (χ1n) is 27.7. The van der Waals surface area contributed by atoms with Crippen LogP contribution in [0.2, 0.25) is 0 Å². The Morgan fingerprint density at radius 2 is 0.547 bits per heavy atom. The number of hydrogen-bond donors (Lipinski definition) is 8. The molecule has 10 heterocycles. The summed E-state index contributed by atoms with van der Waals surface area (Å²) in [6, 6.07) is 15.8. The molecule has 16 nitrogen and oxygen atoms in total. The van der Waals surface area contributed by atoms with Gasteiger partial charge in [-0.1, -0.05) is 50.6 Å². The Hall–Kier alpha value is -7.96. The largest absolute Gasteiger partial charge is 1.00 e. The topological polar surface area (TPSA) is 264 Å². The standard InChI is InChI=1S/2C34H34N4O4.2Na.2H/c2*1-7-21-17(3)25-13-26-19(5)23(9-11-33(39)40)31(37-26)16-32-24(10-12-34(41)42)20(6)28(38-32)15-30-22(8-2)18(4)27(36-30)14-29(21)35-25;;;;/h2*7-8,13-16,35-36H,1-2,9-12H2,3-6H3,(H,39,40)(H,41,42);;;;/q;;2*+1;2*-1. The third-order valence-corrected chi connectivity index (χ3v) is 16.4. The monoisotopic (exact) mass is 1170 g/mol. The van der Waals surface area contributed by atoms with Gasteiger partial charge in [0.05, 0.1) is 45.6 Å². The predicted octanol–water partition coefficient (Wildman–Crippen LogP) is 9.85. The second-order valence-electron chi connectivity index (χ2n) is 21.5. The number of carboxylic acids is 4. The molecule has 0 saturated heterocycles. The van der Waals surface area contributed by atoms with Crippen molar-refractivity contribution in [2.45, 2.75) is 107 Å². The summed E-state index contributed by atoms with van der Waals surface area (Å²) in [5.74, 6) is -3.55. The van der Waals surface area contributed by atoms with Gasteiger partial charge < -0.3 is 43.2 Å². The van der Waals surface area contributed by atoms with Crippen molar-refractivity contribution in [2.75, 3.05) is 0 Å². The fourth-order valence-electron chi connectivity index (χ4n) is 11.5. The number of aliphatic carboxylic acids is 4. The molecule has 18 heteroatoms. The first-order chi connectivity index (χ1) is 40.0. The number of allylic oxidation sites excluding steroid dienone is 8. The Bertz CT molecular complexity index is 4140. The zero-order chi connectivity index (χ0) is 60.6. The van der Waals surface area contributed by atoms with Gasteiger partial charge in [0.15, 0.2) is 0 Å². The number of aryl methyl sites for hydroxylation is 4. The van der Waals surface area contributed by atoms with E-state index in [4.69, 9.17) is 19.9 Å². The molecule has 432 valence electrons. The summed E-state index contributed by atoms with van der Waals surface area (Å²) in [5, 5.41) is 37.8. The molecule has 4 aliphatic rings.